The molecule has 0 spiro atoms. The van der Waals surface area contributed by atoms with Crippen LogP contribution in [0.1, 0.15) is 25.6 Å². The maximum atomic E-state index is 13.0. The molecule has 11 nitrogen and oxygen atoms in total. The van der Waals surface area contributed by atoms with Crippen molar-refractivity contribution in [3.8, 4) is 0 Å². The van der Waals surface area contributed by atoms with Crippen molar-refractivity contribution >= 4 is 51.0 Å². The highest BCUT2D eigenvalue weighted by Crippen LogP contribution is 2.32. The van der Waals surface area contributed by atoms with Crippen molar-refractivity contribution in [1.29, 1.82) is 0 Å². The molecule has 0 radical (unpaired) electrons. The highest BCUT2D eigenvalue weighted by molar-refractivity contribution is 7.20. The number of nitrogens with one attached hydrogen (secondary N) is 2. The molecule has 5 rings (SSSR count). The van der Waals surface area contributed by atoms with Crippen molar-refractivity contribution < 1.29 is 24.2 Å². The summed E-state index contributed by atoms with van der Waals surface area (Å²) in [7, 11) is 1.71. The molecule has 2 aromatic heterocycles. The van der Waals surface area contributed by atoms with Crippen LogP contribution in [0.2, 0.25) is 0 Å². The van der Waals surface area contributed by atoms with Crippen LogP contribution in [0.5, 0.6) is 0 Å². The number of carbonyl (C=O) groups excluding carboxylic acids is 2. The molecule has 1 fully saturated rings. The number of carbonyl (C=O) groups is 3. The largest absolute Gasteiger partial charge is 0.463 e. The summed E-state index contributed by atoms with van der Waals surface area (Å²) in [6.45, 7) is 3.94. The molecule has 0 unspecified atom stereocenters. The number of benzene rings is 2. The molecule has 0 saturated carbocycles. The zero-order valence-corrected chi connectivity index (χ0v) is 21.4. The van der Waals surface area contributed by atoms with Crippen LogP contribution in [-0.2, 0) is 11.3 Å². The fourth-order valence-electron chi connectivity index (χ4n) is 4.12. The Morgan fingerprint density at radius 2 is 1.76 bits per heavy atom. The third-order valence-electron chi connectivity index (χ3n) is 6.14. The van der Waals surface area contributed by atoms with E-state index in [-0.39, 0.29) is 15.5 Å². The lowest BCUT2D eigenvalue weighted by Gasteiger charge is -2.26. The Morgan fingerprint density at radius 3 is 2.45 bits per heavy atom. The van der Waals surface area contributed by atoms with Gasteiger partial charge in [-0.05, 0) is 35.9 Å². The third kappa shape index (κ3) is 5.52. The Balaban J connectivity index is 1.32. The SMILES string of the molecule is CN(NC(=O)c1cc2c(NC(=O)c3ccc(CN4CCOCC4)cc3)nn(C(=O)O)c2s1)c1ccccc1. The van der Waals surface area contributed by atoms with E-state index < -0.39 is 17.9 Å². The van der Waals surface area contributed by atoms with Gasteiger partial charge in [0.1, 0.15) is 4.83 Å². The van der Waals surface area contributed by atoms with Gasteiger partial charge in [-0.25, -0.2) is 4.79 Å². The highest BCUT2D eigenvalue weighted by atomic mass is 32.1. The number of rotatable bonds is 7. The first kappa shape index (κ1) is 25.4. The first-order valence-electron chi connectivity index (χ1n) is 11.9. The van der Waals surface area contributed by atoms with E-state index in [1.165, 1.54) is 6.07 Å². The number of hydrogen-bond acceptors (Lipinski definition) is 8. The van der Waals surface area contributed by atoms with E-state index >= 15 is 0 Å². The molecule has 3 heterocycles. The van der Waals surface area contributed by atoms with Gasteiger partial charge in [-0.1, -0.05) is 30.3 Å². The Labute approximate surface area is 222 Å². The van der Waals surface area contributed by atoms with Crippen LogP contribution in [0.3, 0.4) is 0 Å². The van der Waals surface area contributed by atoms with E-state index in [0.717, 1.165) is 46.9 Å². The number of amides is 2. The predicted molar refractivity (Wildman–Crippen MR) is 144 cm³/mol. The van der Waals surface area contributed by atoms with Crippen LogP contribution in [-0.4, -0.2) is 71.0 Å². The second kappa shape index (κ2) is 11.0. The van der Waals surface area contributed by atoms with E-state index in [4.69, 9.17) is 4.74 Å². The van der Waals surface area contributed by atoms with Gasteiger partial charge < -0.3 is 15.2 Å². The molecule has 4 aromatic rings. The van der Waals surface area contributed by atoms with Gasteiger partial charge in [-0.3, -0.25) is 24.9 Å². The first-order valence-corrected chi connectivity index (χ1v) is 12.8. The van der Waals surface area contributed by atoms with Crippen molar-refractivity contribution in [3.63, 3.8) is 0 Å². The Kier molecular flexibility index (Phi) is 7.36. The predicted octanol–water partition coefficient (Wildman–Crippen LogP) is 3.49. The maximum Gasteiger partial charge on any atom is 0.433 e. The topological polar surface area (TPSA) is 129 Å². The molecule has 0 aliphatic carbocycles. The molecule has 1 aliphatic heterocycles. The fraction of sp³-hybridized carbons (Fsp3) is 0.231. The lowest BCUT2D eigenvalue weighted by molar-refractivity contribution is 0.0342. The summed E-state index contributed by atoms with van der Waals surface area (Å²) in [5.41, 5.74) is 5.03. The summed E-state index contributed by atoms with van der Waals surface area (Å²) in [6, 6.07) is 18.0. The van der Waals surface area contributed by atoms with Gasteiger partial charge in [-0.2, -0.15) is 4.68 Å². The summed E-state index contributed by atoms with van der Waals surface area (Å²) in [5, 5.41) is 18.3. The Morgan fingerprint density at radius 1 is 1.05 bits per heavy atom. The van der Waals surface area contributed by atoms with Gasteiger partial charge in [0.25, 0.3) is 11.8 Å². The molecule has 2 aromatic carbocycles. The number of fused-ring (bicyclic) bond motifs is 1. The quantitative estimate of drug-likeness (QED) is 0.308. The second-order valence-electron chi connectivity index (χ2n) is 8.75. The van der Waals surface area contributed by atoms with Gasteiger partial charge >= 0.3 is 6.09 Å². The van der Waals surface area contributed by atoms with Crippen molar-refractivity contribution in [2.45, 2.75) is 6.54 Å². The molecule has 38 heavy (non-hydrogen) atoms. The number of carboxylic acid groups (broad SMARTS) is 1. The fourth-order valence-corrected chi connectivity index (χ4v) is 5.12. The molecule has 0 bridgehead atoms. The number of ether oxygens (including phenoxy) is 1. The molecule has 0 atom stereocenters. The van der Waals surface area contributed by atoms with Crippen LogP contribution in [0, 0.1) is 0 Å². The molecular weight excluding hydrogens is 508 g/mol. The van der Waals surface area contributed by atoms with E-state index in [1.807, 2.05) is 42.5 Å². The van der Waals surface area contributed by atoms with E-state index in [9.17, 15) is 19.5 Å². The molecule has 1 saturated heterocycles. The van der Waals surface area contributed by atoms with Gasteiger partial charge in [0.2, 0.25) is 0 Å². The van der Waals surface area contributed by atoms with Crippen molar-refractivity contribution in [1.82, 2.24) is 20.1 Å². The van der Waals surface area contributed by atoms with Gasteiger partial charge in [0, 0.05) is 32.2 Å². The molecular formula is C26H26N6O5S. The minimum atomic E-state index is -1.32. The lowest BCUT2D eigenvalue weighted by Crippen LogP contribution is -2.38. The number of para-hydroxylation sites is 1. The van der Waals surface area contributed by atoms with Crippen LogP contribution in [0.25, 0.3) is 10.2 Å². The zero-order chi connectivity index (χ0) is 26.6. The number of aromatic nitrogens is 2. The van der Waals surface area contributed by atoms with E-state index in [2.05, 4.69) is 20.7 Å². The minimum absolute atomic E-state index is 0.0662. The maximum absolute atomic E-state index is 13.0. The number of hydrazine groups is 1. The number of morpholine rings is 1. The Bertz CT molecular complexity index is 1460. The molecule has 12 heteroatoms. The van der Waals surface area contributed by atoms with Crippen LogP contribution >= 0.6 is 11.3 Å². The molecule has 2 amide bonds. The van der Waals surface area contributed by atoms with Crippen LogP contribution in [0.15, 0.2) is 60.7 Å². The second-order valence-corrected chi connectivity index (χ2v) is 9.78. The number of nitrogens with zero attached hydrogens (tertiary/aromatic N) is 4. The van der Waals surface area contributed by atoms with E-state index in [0.29, 0.717) is 24.2 Å². The number of hydrogen-bond donors (Lipinski definition) is 3. The standard InChI is InChI=1S/C26H26N6O5S/c1-30(19-5-3-2-4-6-19)29-24(34)21-15-20-22(28-32(26(35)36)25(20)38-21)27-23(33)18-9-7-17(8-10-18)16-31-11-13-37-14-12-31/h2-10,15H,11-14,16H2,1H3,(H,29,34)(H,35,36)(H,27,28,33). The Hall–Kier alpha value is -4.26. The third-order valence-corrected chi connectivity index (χ3v) is 7.24. The van der Waals surface area contributed by atoms with Gasteiger partial charge in [0.05, 0.1) is 29.2 Å². The summed E-state index contributed by atoms with van der Waals surface area (Å²) in [4.78, 5) is 40.5. The first-order chi connectivity index (χ1) is 18.4. The summed E-state index contributed by atoms with van der Waals surface area (Å²) in [5.74, 6) is -0.778. The molecule has 196 valence electrons. The van der Waals surface area contributed by atoms with Crippen molar-refractivity contribution in [2.24, 2.45) is 0 Å². The average molecular weight is 535 g/mol. The normalized spacial score (nSPS) is 13.8. The van der Waals surface area contributed by atoms with Crippen LogP contribution < -0.4 is 15.8 Å². The average Bonchev–Trinajstić information content (AvgIpc) is 3.51. The smallest absolute Gasteiger partial charge is 0.433 e. The van der Waals surface area contributed by atoms with Crippen LogP contribution in [0.4, 0.5) is 16.3 Å². The number of thiophene rings is 1. The van der Waals surface area contributed by atoms with Gasteiger partial charge in [0.15, 0.2) is 5.82 Å². The molecule has 3 N–H and O–H groups in total. The van der Waals surface area contributed by atoms with Crippen molar-refractivity contribution in [2.75, 3.05) is 43.7 Å². The monoisotopic (exact) mass is 534 g/mol. The lowest BCUT2D eigenvalue weighted by atomic mass is 10.1. The van der Waals surface area contributed by atoms with Gasteiger partial charge in [-0.15, -0.1) is 16.4 Å². The van der Waals surface area contributed by atoms with Crippen molar-refractivity contribution in [3.05, 3.63) is 76.7 Å². The van der Waals surface area contributed by atoms with E-state index in [1.54, 1.807) is 24.2 Å². The summed E-state index contributed by atoms with van der Waals surface area (Å²) < 4.78 is 6.14. The molecule has 1 aliphatic rings. The summed E-state index contributed by atoms with van der Waals surface area (Å²) >= 11 is 0.976. The minimum Gasteiger partial charge on any atom is -0.463 e. The summed E-state index contributed by atoms with van der Waals surface area (Å²) in [6.07, 6.45) is -1.32. The highest BCUT2D eigenvalue weighted by Gasteiger charge is 2.23. The zero-order valence-electron chi connectivity index (χ0n) is 20.6. The number of anilines is 2.